The second-order valence-electron chi connectivity index (χ2n) is 3.10. The molecule has 0 saturated carbocycles. The third-order valence-corrected chi connectivity index (χ3v) is 0. The van der Waals surface area contributed by atoms with Gasteiger partial charge in [-0.3, -0.25) is 4.55 Å². The maximum atomic E-state index is 9.19. The molecule has 0 spiro atoms. The second-order valence-corrected chi connectivity index (χ2v) is 6.30. The molecule has 0 fully saturated rings. The van der Waals surface area contributed by atoms with E-state index in [-0.39, 0.29) is 0 Å². The summed E-state index contributed by atoms with van der Waals surface area (Å²) in [4.78, 5) is 0. The minimum absolute atomic E-state index is 0.417. The Morgan fingerprint density at radius 1 is 1.30 bits per heavy atom. The van der Waals surface area contributed by atoms with E-state index in [1.807, 2.05) is 0 Å². The van der Waals surface area contributed by atoms with Gasteiger partial charge in [0.05, 0.1) is 6.26 Å². The molecule has 0 saturated heterocycles. The first-order valence-corrected chi connectivity index (χ1v) is 5.14. The SMILES string of the molecule is CC(C)(C)P.CS(=O)(=O)O. The van der Waals surface area contributed by atoms with Crippen LogP contribution in [0.2, 0.25) is 0 Å². The lowest BCUT2D eigenvalue weighted by Gasteiger charge is -2.05. The van der Waals surface area contributed by atoms with Gasteiger partial charge in [-0.1, -0.05) is 20.8 Å². The molecule has 0 aliphatic carbocycles. The molecule has 0 rings (SSSR count). The van der Waals surface area contributed by atoms with E-state index in [1.54, 1.807) is 0 Å². The van der Waals surface area contributed by atoms with Crippen LogP contribution in [0.4, 0.5) is 0 Å². The fraction of sp³-hybridized carbons (Fsp3) is 1.00. The van der Waals surface area contributed by atoms with Crippen molar-refractivity contribution in [2.24, 2.45) is 0 Å². The van der Waals surface area contributed by atoms with Crippen LogP contribution in [0.5, 0.6) is 0 Å². The molecular weight excluding hydrogens is 171 g/mol. The van der Waals surface area contributed by atoms with Gasteiger partial charge in [-0.25, -0.2) is 0 Å². The zero-order valence-electron chi connectivity index (χ0n) is 6.75. The molecule has 64 valence electrons. The highest BCUT2D eigenvalue weighted by Crippen LogP contribution is 2.12. The van der Waals surface area contributed by atoms with Crippen molar-refractivity contribution in [3.63, 3.8) is 0 Å². The zero-order chi connectivity index (χ0) is 9.00. The van der Waals surface area contributed by atoms with Crippen molar-refractivity contribution in [3.8, 4) is 0 Å². The predicted octanol–water partition coefficient (Wildman–Crippen LogP) is 1.16. The Bertz CT molecular complexity index is 152. The Morgan fingerprint density at radius 2 is 1.30 bits per heavy atom. The minimum atomic E-state index is -3.67. The summed E-state index contributed by atoms with van der Waals surface area (Å²) < 4.78 is 25.9. The quantitative estimate of drug-likeness (QED) is 0.456. The summed E-state index contributed by atoms with van der Waals surface area (Å²) in [7, 11) is -0.951. The third-order valence-electron chi connectivity index (χ3n) is 0. The Hall–Kier alpha value is 0.340. The van der Waals surface area contributed by atoms with Crippen LogP contribution >= 0.6 is 9.24 Å². The van der Waals surface area contributed by atoms with Gasteiger partial charge >= 0.3 is 0 Å². The molecule has 0 heterocycles. The average molecular weight is 186 g/mol. The fourth-order valence-corrected chi connectivity index (χ4v) is 0. The maximum Gasteiger partial charge on any atom is 0.261 e. The van der Waals surface area contributed by atoms with Crippen molar-refractivity contribution in [2.45, 2.75) is 25.9 Å². The zero-order valence-corrected chi connectivity index (χ0v) is 8.72. The lowest BCUT2D eigenvalue weighted by Crippen LogP contribution is -1.97. The van der Waals surface area contributed by atoms with E-state index < -0.39 is 10.1 Å². The van der Waals surface area contributed by atoms with Crippen molar-refractivity contribution in [3.05, 3.63) is 0 Å². The van der Waals surface area contributed by atoms with Crippen molar-refractivity contribution in [1.82, 2.24) is 0 Å². The Balaban J connectivity index is 0. The van der Waals surface area contributed by atoms with Crippen molar-refractivity contribution in [2.75, 3.05) is 6.26 Å². The van der Waals surface area contributed by atoms with Gasteiger partial charge < -0.3 is 0 Å². The smallest absolute Gasteiger partial charge is 0.261 e. The summed E-state index contributed by atoms with van der Waals surface area (Å²) in [5.74, 6) is 0. The first-order valence-electron chi connectivity index (χ1n) is 2.71. The Kier molecular flexibility index (Phi) is 5.53. The summed E-state index contributed by atoms with van der Waals surface area (Å²) in [6.45, 7) is 6.45. The van der Waals surface area contributed by atoms with Gasteiger partial charge in [0, 0.05) is 0 Å². The van der Waals surface area contributed by atoms with Crippen LogP contribution < -0.4 is 0 Å². The third kappa shape index (κ3) is 3890. The predicted molar refractivity (Wildman–Crippen MR) is 46.9 cm³/mol. The second kappa shape index (κ2) is 4.27. The Morgan fingerprint density at radius 3 is 1.30 bits per heavy atom. The van der Waals surface area contributed by atoms with Crippen LogP contribution in [0.15, 0.2) is 0 Å². The molecule has 0 radical (unpaired) electrons. The highest BCUT2D eigenvalue weighted by Gasteiger charge is 1.95. The molecule has 10 heavy (non-hydrogen) atoms. The van der Waals surface area contributed by atoms with Gasteiger partial charge in [-0.15, -0.1) is 9.24 Å². The summed E-state index contributed by atoms with van der Waals surface area (Å²) in [6, 6.07) is 0. The molecule has 0 aromatic rings. The number of rotatable bonds is 0. The van der Waals surface area contributed by atoms with Gasteiger partial charge in [0.1, 0.15) is 0 Å². The van der Waals surface area contributed by atoms with Crippen LogP contribution in [0.1, 0.15) is 20.8 Å². The molecular formula is C5H15O3PS. The molecule has 1 atom stereocenters. The maximum absolute atomic E-state index is 9.19. The van der Waals surface area contributed by atoms with Crippen molar-refractivity contribution < 1.29 is 13.0 Å². The number of hydrogen-bond donors (Lipinski definition) is 1. The van der Waals surface area contributed by atoms with E-state index in [1.165, 1.54) is 0 Å². The topological polar surface area (TPSA) is 54.4 Å². The molecule has 0 aromatic heterocycles. The molecule has 0 aliphatic rings. The lowest BCUT2D eigenvalue weighted by atomic mass is 10.3. The van der Waals surface area contributed by atoms with E-state index in [0.29, 0.717) is 11.4 Å². The standard InChI is InChI=1S/C4H11P.CH4O3S/c1-4(2,3)5;1-5(2,3)4/h5H2,1-3H3;1H3,(H,2,3,4). The monoisotopic (exact) mass is 186 g/mol. The molecule has 1 unspecified atom stereocenters. The minimum Gasteiger partial charge on any atom is -0.286 e. The number of hydrogen-bond acceptors (Lipinski definition) is 2. The van der Waals surface area contributed by atoms with Gasteiger partial charge in [-0.2, -0.15) is 8.42 Å². The molecule has 0 bridgehead atoms. The van der Waals surface area contributed by atoms with Crippen LogP contribution in [-0.4, -0.2) is 24.4 Å². The van der Waals surface area contributed by atoms with Gasteiger partial charge in [-0.05, 0) is 5.16 Å². The normalized spacial score (nSPS) is 11.8. The van der Waals surface area contributed by atoms with E-state index in [0.717, 1.165) is 0 Å². The summed E-state index contributed by atoms with van der Waals surface area (Å²) in [5.41, 5.74) is 0. The van der Waals surface area contributed by atoms with Crippen LogP contribution in [0.25, 0.3) is 0 Å². The van der Waals surface area contributed by atoms with Crippen LogP contribution in [0, 0.1) is 0 Å². The van der Waals surface area contributed by atoms with Gasteiger partial charge in [0.15, 0.2) is 0 Å². The van der Waals surface area contributed by atoms with E-state index >= 15 is 0 Å². The first kappa shape index (κ1) is 13.0. The van der Waals surface area contributed by atoms with Gasteiger partial charge in [0.25, 0.3) is 10.1 Å². The van der Waals surface area contributed by atoms with E-state index in [9.17, 15) is 8.42 Å². The fourth-order valence-electron chi connectivity index (χ4n) is 0. The molecule has 3 nitrogen and oxygen atoms in total. The molecule has 0 aromatic carbocycles. The van der Waals surface area contributed by atoms with E-state index in [4.69, 9.17) is 4.55 Å². The summed E-state index contributed by atoms with van der Waals surface area (Å²) in [6.07, 6.45) is 0.715. The van der Waals surface area contributed by atoms with Crippen molar-refractivity contribution >= 4 is 19.4 Å². The highest BCUT2D eigenvalue weighted by molar-refractivity contribution is 7.85. The van der Waals surface area contributed by atoms with Crippen LogP contribution in [-0.2, 0) is 10.1 Å². The Labute approximate surface area is 65.2 Å². The summed E-state index contributed by atoms with van der Waals surface area (Å²) in [5, 5.41) is 0.417. The van der Waals surface area contributed by atoms with Crippen LogP contribution in [0.3, 0.4) is 0 Å². The molecule has 0 amide bonds. The lowest BCUT2D eigenvalue weighted by molar-refractivity contribution is 0.490. The van der Waals surface area contributed by atoms with Gasteiger partial charge in [0.2, 0.25) is 0 Å². The average Bonchev–Trinajstić information content (AvgIpc) is 1.12. The first-order chi connectivity index (χ1) is 4.00. The molecule has 1 N–H and O–H groups in total. The molecule has 5 heteroatoms. The molecule has 0 aliphatic heterocycles. The largest absolute Gasteiger partial charge is 0.286 e. The van der Waals surface area contributed by atoms with E-state index in [2.05, 4.69) is 30.0 Å². The highest BCUT2D eigenvalue weighted by atomic mass is 32.2. The summed E-state index contributed by atoms with van der Waals surface area (Å²) >= 11 is 0. The van der Waals surface area contributed by atoms with Crippen molar-refractivity contribution in [1.29, 1.82) is 0 Å².